The van der Waals surface area contributed by atoms with Crippen LogP contribution in [0, 0.1) is 0 Å². The summed E-state index contributed by atoms with van der Waals surface area (Å²) < 4.78 is 0. The van der Waals surface area contributed by atoms with E-state index in [9.17, 15) is 53.4 Å². The van der Waals surface area contributed by atoms with Gasteiger partial charge in [-0.1, -0.05) is 60.7 Å². The molecule has 0 spiro atoms. The minimum atomic E-state index is -1.72. The zero-order valence-electron chi connectivity index (χ0n) is 30.4. The predicted molar refractivity (Wildman–Crippen MR) is 195 cm³/mol. The molecule has 0 fully saturated rings. The number of carboxylic acid groups (broad SMARTS) is 1. The SMILES string of the molecule is C[C@@H](O)[C@H](NC(=O)CNC(=O)[C@H](Cc1ccccc1)NC(=O)[C@H](CC(N)=O)NC(=O)CNC(=O)[C@H](Cc1ccccc1)NC(=O)CN)C(=O)N[C@@H](CO)C(=O)O. The van der Waals surface area contributed by atoms with E-state index in [1.165, 1.54) is 0 Å². The average molecular weight is 786 g/mol. The van der Waals surface area contributed by atoms with Crippen molar-refractivity contribution >= 4 is 53.2 Å². The molecule has 56 heavy (non-hydrogen) atoms. The van der Waals surface area contributed by atoms with E-state index in [-0.39, 0.29) is 12.8 Å². The summed E-state index contributed by atoms with van der Waals surface area (Å²) >= 11 is 0. The van der Waals surface area contributed by atoms with Crippen LogP contribution in [0.4, 0.5) is 0 Å². The standard InChI is InChI=1S/C35H47N9O12/c1-19(46)30(34(54)43-25(18-45)35(55)56)44-29(50)17-39-32(52)23(13-21-10-6-3-7-11-21)42-33(53)24(14-26(37)47)41-28(49)16-38-31(51)22(40-27(48)15-36)12-20-8-4-2-5-9-20/h2-11,19,22-25,30,45-46H,12-18,36H2,1H3,(H2,37,47)(H,38,51)(H,39,52)(H,40,48)(H,41,49)(H,42,53)(H,43,54)(H,44,50)(H,55,56)/t19-,22+,23+,24+,25+,30+/m1/s1. The summed E-state index contributed by atoms with van der Waals surface area (Å²) in [5.41, 5.74) is 11.9. The summed E-state index contributed by atoms with van der Waals surface area (Å²) in [6, 6.07) is 9.37. The number of nitrogens with one attached hydrogen (secondary N) is 7. The van der Waals surface area contributed by atoms with Gasteiger partial charge in [0, 0.05) is 12.8 Å². The van der Waals surface area contributed by atoms with Gasteiger partial charge in [-0.05, 0) is 18.1 Å². The van der Waals surface area contributed by atoms with E-state index in [0.717, 1.165) is 6.92 Å². The van der Waals surface area contributed by atoms with Crippen molar-refractivity contribution in [1.82, 2.24) is 37.2 Å². The first-order valence-electron chi connectivity index (χ1n) is 17.2. The molecule has 0 saturated heterocycles. The van der Waals surface area contributed by atoms with Gasteiger partial charge >= 0.3 is 5.97 Å². The van der Waals surface area contributed by atoms with E-state index >= 15 is 0 Å². The number of primary amides is 1. The molecule has 0 heterocycles. The number of aliphatic hydroxyl groups excluding tert-OH is 2. The Labute approximate surface area is 320 Å². The number of amides is 8. The molecule has 0 aliphatic heterocycles. The van der Waals surface area contributed by atoms with Gasteiger partial charge in [0.05, 0.1) is 38.8 Å². The van der Waals surface area contributed by atoms with Crippen molar-refractivity contribution in [2.45, 2.75) is 62.5 Å². The van der Waals surface area contributed by atoms with Crippen molar-refractivity contribution in [3.8, 4) is 0 Å². The van der Waals surface area contributed by atoms with Crippen molar-refractivity contribution in [2.24, 2.45) is 11.5 Å². The van der Waals surface area contributed by atoms with Crippen molar-refractivity contribution < 1.29 is 58.5 Å². The van der Waals surface area contributed by atoms with E-state index in [1.807, 2.05) is 5.32 Å². The number of hydrogen-bond donors (Lipinski definition) is 12. The van der Waals surface area contributed by atoms with Crippen LogP contribution in [0.15, 0.2) is 60.7 Å². The number of carbonyl (C=O) groups excluding carboxylic acids is 8. The highest BCUT2D eigenvalue weighted by atomic mass is 16.4. The van der Waals surface area contributed by atoms with Crippen LogP contribution in [0.5, 0.6) is 0 Å². The minimum absolute atomic E-state index is 0.0631. The number of aliphatic carboxylic acids is 1. The Morgan fingerprint density at radius 3 is 1.48 bits per heavy atom. The molecule has 0 bridgehead atoms. The molecule has 0 aliphatic rings. The third-order valence-corrected chi connectivity index (χ3v) is 7.82. The zero-order valence-corrected chi connectivity index (χ0v) is 30.4. The molecule has 0 aromatic heterocycles. The molecular weight excluding hydrogens is 738 g/mol. The first-order valence-corrected chi connectivity index (χ1v) is 17.2. The van der Waals surface area contributed by atoms with Gasteiger partial charge in [0.15, 0.2) is 0 Å². The highest BCUT2D eigenvalue weighted by Gasteiger charge is 2.31. The summed E-state index contributed by atoms with van der Waals surface area (Å²) in [5.74, 6) is -9.00. The van der Waals surface area contributed by atoms with Crippen LogP contribution in [0.1, 0.15) is 24.5 Å². The smallest absolute Gasteiger partial charge is 0.328 e. The summed E-state index contributed by atoms with van der Waals surface area (Å²) in [7, 11) is 0. The van der Waals surface area contributed by atoms with Crippen LogP contribution >= 0.6 is 0 Å². The maximum atomic E-state index is 13.4. The lowest BCUT2D eigenvalue weighted by molar-refractivity contribution is -0.144. The second-order valence-electron chi connectivity index (χ2n) is 12.4. The second-order valence-corrected chi connectivity index (χ2v) is 12.4. The van der Waals surface area contributed by atoms with Gasteiger partial charge in [0.25, 0.3) is 0 Å². The molecule has 0 saturated carbocycles. The summed E-state index contributed by atoms with van der Waals surface area (Å²) in [5, 5.41) is 44.2. The molecule has 21 nitrogen and oxygen atoms in total. The Kier molecular flexibility index (Phi) is 19.1. The van der Waals surface area contributed by atoms with Crippen molar-refractivity contribution in [3.05, 3.63) is 71.8 Å². The van der Waals surface area contributed by atoms with Gasteiger partial charge in [0.1, 0.15) is 30.2 Å². The lowest BCUT2D eigenvalue weighted by Crippen LogP contribution is -2.59. The number of carboxylic acids is 1. The van der Waals surface area contributed by atoms with E-state index in [2.05, 4.69) is 31.9 Å². The fraction of sp³-hybridized carbons (Fsp3) is 0.400. The van der Waals surface area contributed by atoms with Crippen LogP contribution in [-0.2, 0) is 56.0 Å². The lowest BCUT2D eigenvalue weighted by atomic mass is 10.0. The Morgan fingerprint density at radius 1 is 0.607 bits per heavy atom. The zero-order chi connectivity index (χ0) is 41.8. The van der Waals surface area contributed by atoms with Crippen molar-refractivity contribution in [1.29, 1.82) is 0 Å². The predicted octanol–water partition coefficient (Wildman–Crippen LogP) is -5.58. The summed E-state index contributed by atoms with van der Waals surface area (Å²) in [4.78, 5) is 113. The topological polar surface area (TPSA) is 351 Å². The summed E-state index contributed by atoms with van der Waals surface area (Å²) in [6.07, 6.45) is -2.35. The minimum Gasteiger partial charge on any atom is -0.480 e. The highest BCUT2D eigenvalue weighted by Crippen LogP contribution is 2.06. The maximum absolute atomic E-state index is 13.4. The van der Waals surface area contributed by atoms with E-state index < -0.39 is 122 Å². The third-order valence-electron chi connectivity index (χ3n) is 7.82. The molecular formula is C35H47N9O12. The number of aliphatic hydroxyl groups is 2. The fourth-order valence-electron chi connectivity index (χ4n) is 4.96. The van der Waals surface area contributed by atoms with Gasteiger partial charge in [-0.3, -0.25) is 38.4 Å². The average Bonchev–Trinajstić information content (AvgIpc) is 3.16. The molecule has 8 amide bonds. The molecule has 2 rings (SSSR count). The molecule has 2 aromatic carbocycles. The molecule has 6 atom stereocenters. The first kappa shape index (κ1) is 45.7. The van der Waals surface area contributed by atoms with Gasteiger partial charge in [-0.25, -0.2) is 4.79 Å². The number of nitrogens with two attached hydrogens (primary N) is 2. The number of hydrogen-bond acceptors (Lipinski definition) is 12. The van der Waals surface area contributed by atoms with Crippen molar-refractivity contribution in [3.63, 3.8) is 0 Å². The third kappa shape index (κ3) is 16.3. The fourth-order valence-corrected chi connectivity index (χ4v) is 4.96. The molecule has 21 heteroatoms. The van der Waals surface area contributed by atoms with Crippen LogP contribution in [0.25, 0.3) is 0 Å². The maximum Gasteiger partial charge on any atom is 0.328 e. The monoisotopic (exact) mass is 785 g/mol. The van der Waals surface area contributed by atoms with Gasteiger partial charge in [-0.2, -0.15) is 0 Å². The highest BCUT2D eigenvalue weighted by molar-refractivity contribution is 5.97. The molecule has 0 radical (unpaired) electrons. The summed E-state index contributed by atoms with van der Waals surface area (Å²) in [6.45, 7) is -1.74. The normalized spacial score (nSPS) is 13.9. The van der Waals surface area contributed by atoms with Gasteiger partial charge < -0.3 is 64.0 Å². The van der Waals surface area contributed by atoms with E-state index in [4.69, 9.17) is 16.6 Å². The van der Waals surface area contributed by atoms with E-state index in [0.29, 0.717) is 11.1 Å². The second kappa shape index (κ2) is 23.4. The molecule has 2 aromatic rings. The van der Waals surface area contributed by atoms with Crippen LogP contribution < -0.4 is 48.7 Å². The van der Waals surface area contributed by atoms with Crippen LogP contribution in [0.3, 0.4) is 0 Å². The number of benzene rings is 2. The Balaban J connectivity index is 2.14. The molecule has 0 unspecified atom stereocenters. The van der Waals surface area contributed by atoms with Gasteiger partial charge in [-0.15, -0.1) is 0 Å². The molecule has 14 N–H and O–H groups in total. The first-order chi connectivity index (χ1) is 26.5. The Bertz CT molecular complexity index is 1700. The Morgan fingerprint density at radius 2 is 1.05 bits per heavy atom. The number of carbonyl (C=O) groups is 9. The van der Waals surface area contributed by atoms with Gasteiger partial charge in [0.2, 0.25) is 47.3 Å². The number of rotatable bonds is 23. The molecule has 304 valence electrons. The van der Waals surface area contributed by atoms with Crippen molar-refractivity contribution in [2.75, 3.05) is 26.2 Å². The molecule has 0 aliphatic carbocycles. The van der Waals surface area contributed by atoms with E-state index in [1.54, 1.807) is 60.7 Å². The van der Waals surface area contributed by atoms with Crippen LogP contribution in [-0.4, -0.2) is 131 Å². The largest absolute Gasteiger partial charge is 0.480 e. The lowest BCUT2D eigenvalue weighted by Gasteiger charge is -2.24. The Hall–Kier alpha value is -6.45. The van der Waals surface area contributed by atoms with Crippen LogP contribution in [0.2, 0.25) is 0 Å². The quantitative estimate of drug-likeness (QED) is 0.0501.